The maximum Gasteiger partial charge on any atom is 0.222 e. The lowest BCUT2D eigenvalue weighted by Crippen LogP contribution is -2.44. The van der Waals surface area contributed by atoms with E-state index in [0.717, 1.165) is 42.3 Å². The van der Waals surface area contributed by atoms with Gasteiger partial charge in [0.05, 0.1) is 17.6 Å². The van der Waals surface area contributed by atoms with Crippen LogP contribution < -0.4 is 5.32 Å². The zero-order valence-corrected chi connectivity index (χ0v) is 14.5. The molecule has 0 atom stereocenters. The maximum atomic E-state index is 13.3. The first kappa shape index (κ1) is 16.7. The van der Waals surface area contributed by atoms with Crippen LogP contribution in [0.4, 0.5) is 4.39 Å². The van der Waals surface area contributed by atoms with Crippen LogP contribution in [0, 0.1) is 5.82 Å². The predicted octanol–water partition coefficient (Wildman–Crippen LogP) is 3.55. The van der Waals surface area contributed by atoms with Gasteiger partial charge in [-0.3, -0.25) is 4.79 Å². The Hall–Kier alpha value is -2.76. The second-order valence-electron chi connectivity index (χ2n) is 6.90. The number of aromatic nitrogens is 3. The fourth-order valence-electron chi connectivity index (χ4n) is 3.85. The summed E-state index contributed by atoms with van der Waals surface area (Å²) in [6.45, 7) is 0.478. The van der Waals surface area contributed by atoms with Gasteiger partial charge in [0.2, 0.25) is 5.91 Å². The maximum absolute atomic E-state index is 13.3. The van der Waals surface area contributed by atoms with Crippen LogP contribution in [0.25, 0.3) is 11.0 Å². The molecule has 1 aromatic heterocycles. The normalized spacial score (nSPS) is 16.0. The monoisotopic (exact) mass is 352 g/mol. The number of carbonyl (C=O) groups is 1. The molecule has 134 valence electrons. The standard InChI is InChI=1S/C20H21FN4O/c21-16-9-7-15(8-10-16)20(12-3-4-13-20)22-19(26)11-14-25-18-6-2-1-5-17(18)23-24-25/h1-2,5-10H,3-4,11-14H2,(H,22,26). The van der Waals surface area contributed by atoms with E-state index < -0.39 is 0 Å². The first-order valence-electron chi connectivity index (χ1n) is 9.02. The van der Waals surface area contributed by atoms with Crippen molar-refractivity contribution in [3.8, 4) is 0 Å². The molecule has 0 spiro atoms. The summed E-state index contributed by atoms with van der Waals surface area (Å²) in [7, 11) is 0. The average molecular weight is 352 g/mol. The Balaban J connectivity index is 1.46. The van der Waals surface area contributed by atoms with Gasteiger partial charge in [-0.25, -0.2) is 9.07 Å². The topological polar surface area (TPSA) is 59.8 Å². The summed E-state index contributed by atoms with van der Waals surface area (Å²) in [5.41, 5.74) is 2.35. The lowest BCUT2D eigenvalue weighted by atomic mass is 9.88. The SMILES string of the molecule is O=C(CCn1nnc2ccccc21)NC1(c2ccc(F)cc2)CCCC1. The smallest absolute Gasteiger partial charge is 0.222 e. The number of benzene rings is 2. The Morgan fingerprint density at radius 3 is 2.62 bits per heavy atom. The zero-order chi connectivity index (χ0) is 18.0. The summed E-state index contributed by atoms with van der Waals surface area (Å²) in [5.74, 6) is -0.276. The van der Waals surface area contributed by atoms with Crippen LogP contribution in [0.5, 0.6) is 0 Å². The molecule has 1 fully saturated rings. The van der Waals surface area contributed by atoms with Crippen LogP contribution in [0.3, 0.4) is 0 Å². The summed E-state index contributed by atoms with van der Waals surface area (Å²) in [4.78, 5) is 12.6. The van der Waals surface area contributed by atoms with E-state index in [1.807, 2.05) is 24.3 Å². The van der Waals surface area contributed by atoms with Crippen molar-refractivity contribution < 1.29 is 9.18 Å². The van der Waals surface area contributed by atoms with E-state index in [4.69, 9.17) is 0 Å². The highest BCUT2D eigenvalue weighted by Crippen LogP contribution is 2.38. The van der Waals surface area contributed by atoms with E-state index >= 15 is 0 Å². The third-order valence-corrected chi connectivity index (χ3v) is 5.20. The number of carbonyl (C=O) groups excluding carboxylic acids is 1. The molecule has 1 heterocycles. The zero-order valence-electron chi connectivity index (χ0n) is 14.5. The molecule has 1 amide bonds. The Labute approximate surface area is 151 Å². The number of amides is 1. The summed E-state index contributed by atoms with van der Waals surface area (Å²) in [6, 6.07) is 14.2. The summed E-state index contributed by atoms with van der Waals surface area (Å²) in [5, 5.41) is 11.5. The van der Waals surface area contributed by atoms with Crippen LogP contribution in [-0.2, 0) is 16.9 Å². The van der Waals surface area contributed by atoms with Crippen molar-refractivity contribution in [2.24, 2.45) is 0 Å². The van der Waals surface area contributed by atoms with E-state index in [-0.39, 0.29) is 17.3 Å². The van der Waals surface area contributed by atoms with Crippen molar-refractivity contribution in [3.05, 3.63) is 59.9 Å². The summed E-state index contributed by atoms with van der Waals surface area (Å²) in [6.07, 6.45) is 4.22. The van der Waals surface area contributed by atoms with Crippen LogP contribution >= 0.6 is 0 Å². The van der Waals surface area contributed by atoms with Gasteiger partial charge in [-0.05, 0) is 42.7 Å². The Morgan fingerprint density at radius 2 is 1.85 bits per heavy atom. The van der Waals surface area contributed by atoms with E-state index in [9.17, 15) is 9.18 Å². The van der Waals surface area contributed by atoms with E-state index in [0.29, 0.717) is 13.0 Å². The van der Waals surface area contributed by atoms with E-state index in [2.05, 4.69) is 15.6 Å². The summed E-state index contributed by atoms with van der Waals surface area (Å²) < 4.78 is 15.0. The van der Waals surface area contributed by atoms with Crippen LogP contribution in [-0.4, -0.2) is 20.9 Å². The minimum absolute atomic E-state index is 0.0178. The van der Waals surface area contributed by atoms with Crippen molar-refractivity contribution in [3.63, 3.8) is 0 Å². The third-order valence-electron chi connectivity index (χ3n) is 5.20. The van der Waals surface area contributed by atoms with Crippen molar-refractivity contribution in [2.45, 2.75) is 44.2 Å². The molecule has 6 heteroatoms. The molecule has 4 rings (SSSR count). The van der Waals surface area contributed by atoms with Crippen molar-refractivity contribution in [2.75, 3.05) is 0 Å². The van der Waals surface area contributed by atoms with Gasteiger partial charge in [0, 0.05) is 6.42 Å². The number of rotatable bonds is 5. The second-order valence-corrected chi connectivity index (χ2v) is 6.90. The van der Waals surface area contributed by atoms with Crippen LogP contribution in [0.15, 0.2) is 48.5 Å². The molecular weight excluding hydrogens is 331 g/mol. The highest BCUT2D eigenvalue weighted by molar-refractivity contribution is 5.78. The molecule has 1 aliphatic carbocycles. The molecule has 0 radical (unpaired) electrons. The fraction of sp³-hybridized carbons (Fsp3) is 0.350. The molecular formula is C20H21FN4O. The first-order valence-corrected chi connectivity index (χ1v) is 9.02. The number of halogens is 1. The highest BCUT2D eigenvalue weighted by atomic mass is 19.1. The number of para-hydroxylation sites is 1. The van der Waals surface area contributed by atoms with Gasteiger partial charge >= 0.3 is 0 Å². The molecule has 5 nitrogen and oxygen atoms in total. The van der Waals surface area contributed by atoms with Gasteiger partial charge in [0.15, 0.2) is 0 Å². The number of fused-ring (bicyclic) bond motifs is 1. The lowest BCUT2D eigenvalue weighted by molar-refractivity contribution is -0.123. The van der Waals surface area contributed by atoms with Crippen LogP contribution in [0.2, 0.25) is 0 Å². The molecule has 0 unspecified atom stereocenters. The molecule has 26 heavy (non-hydrogen) atoms. The molecule has 0 aliphatic heterocycles. The molecule has 1 aliphatic rings. The van der Waals surface area contributed by atoms with Gasteiger partial charge < -0.3 is 5.32 Å². The molecule has 1 saturated carbocycles. The molecule has 0 bridgehead atoms. The second kappa shape index (κ2) is 6.86. The fourth-order valence-corrected chi connectivity index (χ4v) is 3.85. The minimum atomic E-state index is -0.380. The summed E-state index contributed by atoms with van der Waals surface area (Å²) >= 11 is 0. The quantitative estimate of drug-likeness (QED) is 0.764. The largest absolute Gasteiger partial charge is 0.347 e. The number of aryl methyl sites for hydroxylation is 1. The van der Waals surface area contributed by atoms with Crippen molar-refractivity contribution in [1.29, 1.82) is 0 Å². The molecule has 3 aromatic rings. The van der Waals surface area contributed by atoms with Gasteiger partial charge in [-0.15, -0.1) is 5.10 Å². The van der Waals surface area contributed by atoms with Crippen LogP contribution in [0.1, 0.15) is 37.7 Å². The van der Waals surface area contributed by atoms with Crippen molar-refractivity contribution >= 4 is 16.9 Å². The number of nitrogens with one attached hydrogen (secondary N) is 1. The number of nitrogens with zero attached hydrogens (tertiary/aromatic N) is 3. The number of hydrogen-bond donors (Lipinski definition) is 1. The minimum Gasteiger partial charge on any atom is -0.347 e. The number of hydrogen-bond acceptors (Lipinski definition) is 3. The average Bonchev–Trinajstić information content (AvgIpc) is 3.28. The van der Waals surface area contributed by atoms with Gasteiger partial charge in [0.25, 0.3) is 0 Å². The molecule has 0 saturated heterocycles. The van der Waals surface area contributed by atoms with Gasteiger partial charge in [-0.1, -0.05) is 42.3 Å². The highest BCUT2D eigenvalue weighted by Gasteiger charge is 2.36. The first-order chi connectivity index (χ1) is 12.7. The third kappa shape index (κ3) is 3.19. The molecule has 1 N–H and O–H groups in total. The lowest BCUT2D eigenvalue weighted by Gasteiger charge is -2.31. The van der Waals surface area contributed by atoms with E-state index in [1.54, 1.807) is 16.8 Å². The van der Waals surface area contributed by atoms with Gasteiger partial charge in [-0.2, -0.15) is 0 Å². The Kier molecular flexibility index (Phi) is 4.41. The van der Waals surface area contributed by atoms with Crippen molar-refractivity contribution in [1.82, 2.24) is 20.3 Å². The Bertz CT molecular complexity index is 913. The van der Waals surface area contributed by atoms with E-state index in [1.165, 1.54) is 12.1 Å². The predicted molar refractivity (Wildman–Crippen MR) is 96.8 cm³/mol. The molecule has 2 aromatic carbocycles. The Morgan fingerprint density at radius 1 is 1.12 bits per heavy atom. The van der Waals surface area contributed by atoms with Gasteiger partial charge in [0.1, 0.15) is 11.3 Å².